The molecule has 1 aliphatic rings. The quantitative estimate of drug-likeness (QED) is 0.806. The van der Waals surface area contributed by atoms with Crippen LogP contribution in [0.4, 0.5) is 10.8 Å². The standard InChI is InChI=1S/C14H14IN3OS/c15-10-4-1-2-5-11(10)17-13(19)12-6-3-8-18(12)14-16-7-9-20-14/h1-2,4-5,7,9,12H,3,6,8H2,(H,17,19)/t12-/m0/s1. The zero-order chi connectivity index (χ0) is 13.9. The first-order chi connectivity index (χ1) is 9.75. The van der Waals surface area contributed by atoms with Gasteiger partial charge in [0.15, 0.2) is 5.13 Å². The zero-order valence-electron chi connectivity index (χ0n) is 10.8. The highest BCUT2D eigenvalue weighted by Crippen LogP contribution is 2.28. The fraction of sp³-hybridized carbons (Fsp3) is 0.286. The molecule has 0 spiro atoms. The minimum Gasteiger partial charge on any atom is -0.336 e. The number of para-hydroxylation sites is 1. The second kappa shape index (κ2) is 6.09. The van der Waals surface area contributed by atoms with Crippen molar-refractivity contribution in [1.29, 1.82) is 0 Å². The largest absolute Gasteiger partial charge is 0.336 e. The van der Waals surface area contributed by atoms with Crippen molar-refractivity contribution in [3.05, 3.63) is 39.4 Å². The number of amides is 1. The van der Waals surface area contributed by atoms with Crippen molar-refractivity contribution in [3.63, 3.8) is 0 Å². The van der Waals surface area contributed by atoms with Crippen LogP contribution < -0.4 is 10.2 Å². The Labute approximate surface area is 135 Å². The molecule has 104 valence electrons. The summed E-state index contributed by atoms with van der Waals surface area (Å²) >= 11 is 3.82. The smallest absolute Gasteiger partial charge is 0.247 e. The van der Waals surface area contributed by atoms with Crippen LogP contribution in [0.1, 0.15) is 12.8 Å². The van der Waals surface area contributed by atoms with E-state index in [0.717, 1.165) is 33.8 Å². The van der Waals surface area contributed by atoms with Crippen LogP contribution in [0.25, 0.3) is 0 Å². The van der Waals surface area contributed by atoms with Crippen LogP contribution in [-0.4, -0.2) is 23.5 Å². The number of rotatable bonds is 3. The Morgan fingerprint density at radius 3 is 3.05 bits per heavy atom. The average Bonchev–Trinajstić information content (AvgIpc) is 3.11. The second-order valence-corrected chi connectivity index (χ2v) is 6.67. The van der Waals surface area contributed by atoms with Crippen LogP contribution in [-0.2, 0) is 4.79 Å². The van der Waals surface area contributed by atoms with E-state index in [1.807, 2.05) is 29.6 Å². The van der Waals surface area contributed by atoms with E-state index in [-0.39, 0.29) is 11.9 Å². The highest BCUT2D eigenvalue weighted by atomic mass is 127. The first-order valence-corrected chi connectivity index (χ1v) is 8.43. The fourth-order valence-electron chi connectivity index (χ4n) is 2.40. The Hall–Kier alpha value is -1.15. The predicted molar refractivity (Wildman–Crippen MR) is 90.3 cm³/mol. The van der Waals surface area contributed by atoms with Gasteiger partial charge >= 0.3 is 0 Å². The van der Waals surface area contributed by atoms with Gasteiger partial charge in [-0.25, -0.2) is 4.98 Å². The van der Waals surface area contributed by atoms with E-state index in [1.165, 1.54) is 0 Å². The predicted octanol–water partition coefficient (Wildman–Crippen LogP) is 3.36. The van der Waals surface area contributed by atoms with Crippen molar-refractivity contribution >= 4 is 50.7 Å². The molecule has 1 fully saturated rings. The summed E-state index contributed by atoms with van der Waals surface area (Å²) in [6.45, 7) is 0.900. The first kappa shape index (κ1) is 13.8. The number of thiazole rings is 1. The third kappa shape index (κ3) is 2.80. The van der Waals surface area contributed by atoms with Gasteiger partial charge in [-0.15, -0.1) is 11.3 Å². The van der Waals surface area contributed by atoms with Gasteiger partial charge in [0.1, 0.15) is 6.04 Å². The zero-order valence-corrected chi connectivity index (χ0v) is 13.7. The van der Waals surface area contributed by atoms with Gasteiger partial charge in [0.2, 0.25) is 5.91 Å². The van der Waals surface area contributed by atoms with Crippen LogP contribution in [0.3, 0.4) is 0 Å². The number of hydrogen-bond acceptors (Lipinski definition) is 4. The molecule has 0 bridgehead atoms. The van der Waals surface area contributed by atoms with E-state index in [2.05, 4.69) is 37.8 Å². The maximum Gasteiger partial charge on any atom is 0.247 e. The molecule has 1 aromatic carbocycles. The Morgan fingerprint density at radius 1 is 1.45 bits per heavy atom. The number of hydrogen-bond donors (Lipinski definition) is 1. The number of anilines is 2. The maximum atomic E-state index is 12.5. The lowest BCUT2D eigenvalue weighted by atomic mass is 10.2. The maximum absolute atomic E-state index is 12.5. The Kier molecular flexibility index (Phi) is 4.21. The van der Waals surface area contributed by atoms with Gasteiger partial charge in [0.05, 0.1) is 5.69 Å². The van der Waals surface area contributed by atoms with Crippen molar-refractivity contribution < 1.29 is 4.79 Å². The van der Waals surface area contributed by atoms with Crippen LogP contribution in [0, 0.1) is 3.57 Å². The molecule has 1 atom stereocenters. The summed E-state index contributed by atoms with van der Waals surface area (Å²) in [6.07, 6.45) is 3.70. The number of carbonyl (C=O) groups is 1. The number of carbonyl (C=O) groups excluding carboxylic acids is 1. The van der Waals surface area contributed by atoms with Gasteiger partial charge in [-0.3, -0.25) is 4.79 Å². The minimum absolute atomic E-state index is 0.0572. The van der Waals surface area contributed by atoms with Crippen LogP contribution in [0.2, 0.25) is 0 Å². The summed E-state index contributed by atoms with van der Waals surface area (Å²) in [5.41, 5.74) is 0.879. The summed E-state index contributed by atoms with van der Waals surface area (Å²) < 4.78 is 1.05. The van der Waals surface area contributed by atoms with E-state index in [9.17, 15) is 4.79 Å². The third-order valence-electron chi connectivity index (χ3n) is 3.35. The molecule has 6 heteroatoms. The second-order valence-electron chi connectivity index (χ2n) is 4.64. The molecule has 1 amide bonds. The van der Waals surface area contributed by atoms with E-state index in [0.29, 0.717) is 0 Å². The molecule has 1 aromatic heterocycles. The van der Waals surface area contributed by atoms with Crippen molar-refractivity contribution in [2.75, 3.05) is 16.8 Å². The summed E-state index contributed by atoms with van der Waals surface area (Å²) in [5.74, 6) is 0.0572. The lowest BCUT2D eigenvalue weighted by molar-refractivity contribution is -0.117. The monoisotopic (exact) mass is 399 g/mol. The van der Waals surface area contributed by atoms with Crippen molar-refractivity contribution in [3.8, 4) is 0 Å². The topological polar surface area (TPSA) is 45.2 Å². The molecular formula is C14H14IN3OS. The molecule has 4 nitrogen and oxygen atoms in total. The number of halogens is 1. The lowest BCUT2D eigenvalue weighted by Crippen LogP contribution is -2.39. The summed E-state index contributed by atoms with van der Waals surface area (Å²) in [5, 5.41) is 5.92. The summed E-state index contributed by atoms with van der Waals surface area (Å²) in [6, 6.07) is 7.71. The average molecular weight is 399 g/mol. The molecule has 0 saturated carbocycles. The Bertz CT molecular complexity index is 602. The molecule has 0 aliphatic carbocycles. The van der Waals surface area contributed by atoms with Crippen molar-refractivity contribution in [1.82, 2.24) is 4.98 Å². The van der Waals surface area contributed by atoms with Crippen LogP contribution in [0.15, 0.2) is 35.8 Å². The normalized spacial score (nSPS) is 18.2. The van der Waals surface area contributed by atoms with E-state index < -0.39 is 0 Å². The van der Waals surface area contributed by atoms with E-state index in [1.54, 1.807) is 17.5 Å². The van der Waals surface area contributed by atoms with Crippen LogP contribution >= 0.6 is 33.9 Å². The molecule has 1 saturated heterocycles. The molecule has 20 heavy (non-hydrogen) atoms. The van der Waals surface area contributed by atoms with Gasteiger partial charge in [0.25, 0.3) is 0 Å². The van der Waals surface area contributed by atoms with Gasteiger partial charge in [0, 0.05) is 21.7 Å². The minimum atomic E-state index is -0.114. The number of nitrogens with zero attached hydrogens (tertiary/aromatic N) is 2. The first-order valence-electron chi connectivity index (χ1n) is 6.47. The summed E-state index contributed by atoms with van der Waals surface area (Å²) in [4.78, 5) is 18.9. The van der Waals surface area contributed by atoms with E-state index >= 15 is 0 Å². The number of aromatic nitrogens is 1. The highest BCUT2D eigenvalue weighted by molar-refractivity contribution is 14.1. The summed E-state index contributed by atoms with van der Waals surface area (Å²) in [7, 11) is 0. The highest BCUT2D eigenvalue weighted by Gasteiger charge is 2.32. The molecule has 0 unspecified atom stereocenters. The van der Waals surface area contributed by atoms with Crippen LogP contribution in [0.5, 0.6) is 0 Å². The molecule has 2 heterocycles. The van der Waals surface area contributed by atoms with Gasteiger partial charge in [-0.2, -0.15) is 0 Å². The van der Waals surface area contributed by atoms with Gasteiger partial charge in [-0.05, 0) is 47.6 Å². The number of nitrogens with one attached hydrogen (secondary N) is 1. The third-order valence-corrected chi connectivity index (χ3v) is 5.10. The van der Waals surface area contributed by atoms with Gasteiger partial charge < -0.3 is 10.2 Å². The SMILES string of the molecule is O=C(Nc1ccccc1I)[C@@H]1CCCN1c1nccs1. The Balaban J connectivity index is 1.75. The van der Waals surface area contributed by atoms with Gasteiger partial charge in [-0.1, -0.05) is 12.1 Å². The molecule has 0 radical (unpaired) electrons. The molecular weight excluding hydrogens is 385 g/mol. The van der Waals surface area contributed by atoms with E-state index in [4.69, 9.17) is 0 Å². The van der Waals surface area contributed by atoms with Crippen molar-refractivity contribution in [2.24, 2.45) is 0 Å². The fourth-order valence-corrected chi connectivity index (χ4v) is 3.65. The lowest BCUT2D eigenvalue weighted by Gasteiger charge is -2.23. The molecule has 3 rings (SSSR count). The molecule has 1 aliphatic heterocycles. The Morgan fingerprint density at radius 2 is 2.30 bits per heavy atom. The molecule has 2 aromatic rings. The molecule has 1 N–H and O–H groups in total. The van der Waals surface area contributed by atoms with Crippen molar-refractivity contribution in [2.45, 2.75) is 18.9 Å². The number of benzene rings is 1.